The average molecular weight is 275 g/mol. The number of rotatable bonds is 6. The van der Waals surface area contributed by atoms with Crippen LogP contribution in [0.3, 0.4) is 0 Å². The molecule has 0 bridgehead atoms. The molecule has 0 unspecified atom stereocenters. The minimum Gasteiger partial charge on any atom is -0.493 e. The van der Waals surface area contributed by atoms with E-state index < -0.39 is 0 Å². The van der Waals surface area contributed by atoms with E-state index in [-0.39, 0.29) is 5.82 Å². The maximum Gasteiger partial charge on any atom is 0.161 e. The molecule has 2 rings (SSSR count). The van der Waals surface area contributed by atoms with Gasteiger partial charge in [0.2, 0.25) is 0 Å². The second-order valence-electron chi connectivity index (χ2n) is 4.42. The summed E-state index contributed by atoms with van der Waals surface area (Å²) in [6.45, 7) is 1.40. The topological polar surface area (TPSA) is 30.5 Å². The fourth-order valence-corrected chi connectivity index (χ4v) is 1.94. The second-order valence-corrected chi connectivity index (χ2v) is 4.42. The lowest BCUT2D eigenvalue weighted by molar-refractivity contribution is 0.354. The molecule has 0 heterocycles. The molecule has 0 spiro atoms. The molecule has 0 radical (unpaired) electrons. The molecule has 4 heteroatoms. The molecule has 0 atom stereocenters. The van der Waals surface area contributed by atoms with Crippen molar-refractivity contribution in [3.63, 3.8) is 0 Å². The predicted octanol–water partition coefficient (Wildman–Crippen LogP) is 3.13. The van der Waals surface area contributed by atoms with Crippen LogP contribution in [0.1, 0.15) is 11.1 Å². The van der Waals surface area contributed by atoms with Crippen LogP contribution in [0.4, 0.5) is 4.39 Å². The van der Waals surface area contributed by atoms with Gasteiger partial charge in [-0.05, 0) is 35.4 Å². The Kier molecular flexibility index (Phi) is 4.96. The maximum atomic E-state index is 12.8. The van der Waals surface area contributed by atoms with Gasteiger partial charge in [-0.2, -0.15) is 0 Å². The molecular formula is C16H18FNO2. The third-order valence-corrected chi connectivity index (χ3v) is 3.02. The first kappa shape index (κ1) is 14.3. The van der Waals surface area contributed by atoms with Gasteiger partial charge in [0.25, 0.3) is 0 Å². The van der Waals surface area contributed by atoms with Gasteiger partial charge < -0.3 is 14.8 Å². The van der Waals surface area contributed by atoms with E-state index in [4.69, 9.17) is 9.47 Å². The van der Waals surface area contributed by atoms with Gasteiger partial charge in [-0.15, -0.1) is 0 Å². The minimum absolute atomic E-state index is 0.214. The molecule has 2 aromatic rings. The summed E-state index contributed by atoms with van der Waals surface area (Å²) in [5.41, 5.74) is 2.15. The van der Waals surface area contributed by atoms with Crippen LogP contribution in [0.5, 0.6) is 11.5 Å². The number of methoxy groups -OCH3 is 2. The number of halogens is 1. The standard InChI is InChI=1S/C16H18FNO2/c1-19-15-8-5-13(9-16(15)20-2)11-18-10-12-3-6-14(17)7-4-12/h3-9,18H,10-11H2,1-2H3. The van der Waals surface area contributed by atoms with E-state index in [1.54, 1.807) is 26.4 Å². The van der Waals surface area contributed by atoms with E-state index in [1.807, 2.05) is 18.2 Å². The van der Waals surface area contributed by atoms with Gasteiger partial charge in [0.15, 0.2) is 11.5 Å². The van der Waals surface area contributed by atoms with Crippen LogP contribution in [0, 0.1) is 5.82 Å². The molecule has 0 amide bonds. The van der Waals surface area contributed by atoms with Crippen molar-refractivity contribution in [2.24, 2.45) is 0 Å². The van der Waals surface area contributed by atoms with E-state index in [9.17, 15) is 4.39 Å². The van der Waals surface area contributed by atoms with E-state index in [2.05, 4.69) is 5.32 Å². The van der Waals surface area contributed by atoms with Crippen LogP contribution in [-0.2, 0) is 13.1 Å². The summed E-state index contributed by atoms with van der Waals surface area (Å²) in [4.78, 5) is 0. The summed E-state index contributed by atoms with van der Waals surface area (Å²) in [7, 11) is 3.23. The van der Waals surface area contributed by atoms with Crippen LogP contribution in [-0.4, -0.2) is 14.2 Å². The van der Waals surface area contributed by atoms with Crippen molar-refractivity contribution in [2.45, 2.75) is 13.1 Å². The third kappa shape index (κ3) is 3.71. The molecule has 0 aliphatic carbocycles. The molecule has 0 fully saturated rings. The first-order valence-corrected chi connectivity index (χ1v) is 6.39. The number of hydrogen-bond acceptors (Lipinski definition) is 3. The molecule has 2 aromatic carbocycles. The Bertz CT molecular complexity index is 555. The molecule has 20 heavy (non-hydrogen) atoms. The van der Waals surface area contributed by atoms with Crippen molar-refractivity contribution in [3.05, 3.63) is 59.4 Å². The normalized spacial score (nSPS) is 10.3. The molecule has 0 aliphatic heterocycles. The molecule has 1 N–H and O–H groups in total. The number of benzene rings is 2. The van der Waals surface area contributed by atoms with Crippen molar-refractivity contribution in [2.75, 3.05) is 14.2 Å². The summed E-state index contributed by atoms with van der Waals surface area (Å²) < 4.78 is 23.2. The van der Waals surface area contributed by atoms with E-state index in [0.29, 0.717) is 18.8 Å². The Hall–Kier alpha value is -2.07. The van der Waals surface area contributed by atoms with Crippen molar-refractivity contribution in [3.8, 4) is 11.5 Å². The monoisotopic (exact) mass is 275 g/mol. The molecule has 106 valence electrons. The van der Waals surface area contributed by atoms with Gasteiger partial charge in [-0.1, -0.05) is 18.2 Å². The largest absolute Gasteiger partial charge is 0.493 e. The van der Waals surface area contributed by atoms with E-state index in [1.165, 1.54) is 12.1 Å². The van der Waals surface area contributed by atoms with Gasteiger partial charge in [-0.3, -0.25) is 0 Å². The summed E-state index contributed by atoms with van der Waals surface area (Å²) in [6, 6.07) is 12.3. The quantitative estimate of drug-likeness (QED) is 0.878. The number of hydrogen-bond donors (Lipinski definition) is 1. The first-order valence-electron chi connectivity index (χ1n) is 6.39. The van der Waals surface area contributed by atoms with Gasteiger partial charge in [-0.25, -0.2) is 4.39 Å². The van der Waals surface area contributed by atoms with Crippen molar-refractivity contribution < 1.29 is 13.9 Å². The Balaban J connectivity index is 1.92. The van der Waals surface area contributed by atoms with E-state index >= 15 is 0 Å². The lowest BCUT2D eigenvalue weighted by Gasteiger charge is -2.10. The van der Waals surface area contributed by atoms with Crippen molar-refractivity contribution in [1.82, 2.24) is 5.32 Å². The summed E-state index contributed by atoms with van der Waals surface area (Å²) >= 11 is 0. The number of ether oxygens (including phenoxy) is 2. The minimum atomic E-state index is -0.214. The summed E-state index contributed by atoms with van der Waals surface area (Å²) in [5, 5.41) is 3.31. The molecule has 0 aliphatic rings. The van der Waals surface area contributed by atoms with Gasteiger partial charge in [0, 0.05) is 13.1 Å². The van der Waals surface area contributed by atoms with Crippen molar-refractivity contribution in [1.29, 1.82) is 0 Å². The SMILES string of the molecule is COc1ccc(CNCc2ccc(F)cc2)cc1OC. The smallest absolute Gasteiger partial charge is 0.161 e. The maximum absolute atomic E-state index is 12.8. The molecule has 3 nitrogen and oxygen atoms in total. The second kappa shape index (κ2) is 6.91. The summed E-state index contributed by atoms with van der Waals surface area (Å²) in [6.07, 6.45) is 0. The Morgan fingerprint density at radius 1 is 0.850 bits per heavy atom. The third-order valence-electron chi connectivity index (χ3n) is 3.02. The zero-order chi connectivity index (χ0) is 14.4. The van der Waals surface area contributed by atoms with Crippen LogP contribution < -0.4 is 14.8 Å². The lowest BCUT2D eigenvalue weighted by Crippen LogP contribution is -2.12. The highest BCUT2D eigenvalue weighted by Gasteiger charge is 2.04. The molecule has 0 saturated heterocycles. The highest BCUT2D eigenvalue weighted by molar-refractivity contribution is 5.42. The fourth-order valence-electron chi connectivity index (χ4n) is 1.94. The van der Waals surface area contributed by atoms with Crippen LogP contribution in [0.25, 0.3) is 0 Å². The van der Waals surface area contributed by atoms with Gasteiger partial charge in [0.1, 0.15) is 5.82 Å². The Morgan fingerprint density at radius 2 is 1.45 bits per heavy atom. The Morgan fingerprint density at radius 3 is 2.10 bits per heavy atom. The fraction of sp³-hybridized carbons (Fsp3) is 0.250. The highest BCUT2D eigenvalue weighted by Crippen LogP contribution is 2.27. The van der Waals surface area contributed by atoms with E-state index in [0.717, 1.165) is 16.9 Å². The molecular weight excluding hydrogens is 257 g/mol. The van der Waals surface area contributed by atoms with Crippen LogP contribution in [0.2, 0.25) is 0 Å². The summed E-state index contributed by atoms with van der Waals surface area (Å²) in [5.74, 6) is 1.22. The van der Waals surface area contributed by atoms with Gasteiger partial charge >= 0.3 is 0 Å². The van der Waals surface area contributed by atoms with Crippen molar-refractivity contribution >= 4 is 0 Å². The Labute approximate surface area is 118 Å². The number of nitrogens with one attached hydrogen (secondary N) is 1. The molecule has 0 saturated carbocycles. The predicted molar refractivity (Wildman–Crippen MR) is 76.5 cm³/mol. The zero-order valence-corrected chi connectivity index (χ0v) is 11.7. The average Bonchev–Trinajstić information content (AvgIpc) is 2.49. The van der Waals surface area contributed by atoms with Crippen LogP contribution in [0.15, 0.2) is 42.5 Å². The molecule has 0 aromatic heterocycles. The van der Waals surface area contributed by atoms with Gasteiger partial charge in [0.05, 0.1) is 14.2 Å². The first-order chi connectivity index (χ1) is 9.72. The van der Waals surface area contributed by atoms with Crippen LogP contribution >= 0.6 is 0 Å². The lowest BCUT2D eigenvalue weighted by atomic mass is 10.2. The highest BCUT2D eigenvalue weighted by atomic mass is 19.1. The zero-order valence-electron chi connectivity index (χ0n) is 11.7.